The molecule has 0 radical (unpaired) electrons. The second kappa shape index (κ2) is 9.25. The van der Waals surface area contributed by atoms with Crippen LogP contribution in [-0.4, -0.2) is 27.3 Å². The van der Waals surface area contributed by atoms with Crippen molar-refractivity contribution in [2.45, 2.75) is 40.7 Å². The molecule has 128 valence electrons. The van der Waals surface area contributed by atoms with Gasteiger partial charge in [0.1, 0.15) is 0 Å². The van der Waals surface area contributed by atoms with Crippen LogP contribution in [0.2, 0.25) is 0 Å². The molecule has 1 saturated heterocycles. The summed E-state index contributed by atoms with van der Waals surface area (Å²) >= 11 is 0. The largest absolute Gasteiger partial charge is 0.381 e. The number of rotatable bonds is 2. The molecule has 1 aliphatic heterocycles. The summed E-state index contributed by atoms with van der Waals surface area (Å²) in [4.78, 5) is 28.6. The van der Waals surface area contributed by atoms with Gasteiger partial charge in [0.25, 0.3) is 5.56 Å². The topological polar surface area (TPSA) is 66.1 Å². The highest BCUT2D eigenvalue weighted by molar-refractivity contribution is 5.76. The van der Waals surface area contributed by atoms with Crippen LogP contribution in [0.25, 0.3) is 10.9 Å². The fourth-order valence-corrected chi connectivity index (χ4v) is 2.51. The van der Waals surface area contributed by atoms with Gasteiger partial charge in [0.15, 0.2) is 0 Å². The Bertz CT molecular complexity index is 728. The summed E-state index contributed by atoms with van der Waals surface area (Å²) in [6.07, 6.45) is 3.98. The van der Waals surface area contributed by atoms with Gasteiger partial charge in [0, 0.05) is 38.5 Å². The van der Waals surface area contributed by atoms with Crippen LogP contribution in [0, 0.1) is 5.92 Å². The van der Waals surface area contributed by atoms with Gasteiger partial charge in [-0.25, -0.2) is 4.79 Å². The van der Waals surface area contributed by atoms with Crippen LogP contribution in [0.3, 0.4) is 0 Å². The third kappa shape index (κ3) is 4.07. The van der Waals surface area contributed by atoms with Gasteiger partial charge < -0.3 is 4.74 Å². The molecule has 0 amide bonds. The smallest absolute Gasteiger partial charge is 0.331 e. The second-order valence-electron chi connectivity index (χ2n) is 4.88. The summed E-state index contributed by atoms with van der Waals surface area (Å²) in [6.45, 7) is 9.73. The number of hydrogen-bond donors (Lipinski definition) is 0. The van der Waals surface area contributed by atoms with Gasteiger partial charge in [-0.1, -0.05) is 27.7 Å². The molecule has 0 aliphatic carbocycles. The average molecular weight is 321 g/mol. The van der Waals surface area contributed by atoms with Gasteiger partial charge in [0.05, 0.1) is 17.5 Å². The van der Waals surface area contributed by atoms with Gasteiger partial charge in [-0.05, 0) is 12.5 Å². The number of nitrogens with zero attached hydrogens (tertiary/aromatic N) is 3. The number of hydrogen-bond acceptors (Lipinski definition) is 4. The molecule has 3 heterocycles. The van der Waals surface area contributed by atoms with E-state index in [1.165, 1.54) is 15.3 Å². The van der Waals surface area contributed by atoms with Crippen molar-refractivity contribution in [1.82, 2.24) is 14.1 Å². The second-order valence-corrected chi connectivity index (χ2v) is 4.88. The van der Waals surface area contributed by atoms with E-state index in [1.54, 1.807) is 19.3 Å². The summed E-state index contributed by atoms with van der Waals surface area (Å²) < 4.78 is 8.08. The van der Waals surface area contributed by atoms with Crippen LogP contribution in [0.4, 0.5) is 0 Å². The first-order valence-electron chi connectivity index (χ1n) is 8.30. The molecule has 0 saturated carbocycles. The van der Waals surface area contributed by atoms with E-state index in [1.807, 2.05) is 27.7 Å². The van der Waals surface area contributed by atoms with Crippen molar-refractivity contribution >= 4 is 10.9 Å². The van der Waals surface area contributed by atoms with Gasteiger partial charge in [-0.3, -0.25) is 18.9 Å². The number of fused-ring (bicyclic) bond motifs is 1. The van der Waals surface area contributed by atoms with Crippen molar-refractivity contribution in [3.63, 3.8) is 0 Å². The van der Waals surface area contributed by atoms with Gasteiger partial charge in [0.2, 0.25) is 0 Å². The zero-order chi connectivity index (χ0) is 17.4. The Kier molecular flexibility index (Phi) is 7.68. The van der Waals surface area contributed by atoms with E-state index < -0.39 is 0 Å². The third-order valence-electron chi connectivity index (χ3n) is 3.62. The molecule has 6 nitrogen and oxygen atoms in total. The van der Waals surface area contributed by atoms with E-state index in [0.717, 1.165) is 6.42 Å². The molecule has 1 fully saturated rings. The maximum Gasteiger partial charge on any atom is 0.331 e. The Labute approximate surface area is 136 Å². The monoisotopic (exact) mass is 321 g/mol. The van der Waals surface area contributed by atoms with Crippen LogP contribution in [0.5, 0.6) is 0 Å². The zero-order valence-electron chi connectivity index (χ0n) is 14.7. The molecule has 0 bridgehead atoms. The van der Waals surface area contributed by atoms with Crippen molar-refractivity contribution in [1.29, 1.82) is 0 Å². The highest BCUT2D eigenvalue weighted by Crippen LogP contribution is 2.13. The van der Waals surface area contributed by atoms with Crippen molar-refractivity contribution in [2.24, 2.45) is 13.0 Å². The Morgan fingerprint density at radius 3 is 2.57 bits per heavy atom. The maximum atomic E-state index is 12.4. The lowest BCUT2D eigenvalue weighted by Crippen LogP contribution is -2.40. The molecular formula is C17H27N3O3. The molecule has 3 rings (SSSR count). The Morgan fingerprint density at radius 1 is 1.26 bits per heavy atom. The first-order valence-corrected chi connectivity index (χ1v) is 8.30. The number of ether oxygens (including phenoxy) is 1. The third-order valence-corrected chi connectivity index (χ3v) is 3.62. The van der Waals surface area contributed by atoms with Crippen LogP contribution >= 0.6 is 0 Å². The van der Waals surface area contributed by atoms with E-state index in [4.69, 9.17) is 4.74 Å². The molecule has 1 aliphatic rings. The zero-order valence-corrected chi connectivity index (χ0v) is 14.7. The standard InChI is InChI=1S/C13H15N3O3.2C2H6/c1-15-11-2-4-14-6-10(11)12(17)16(13(15)18)7-9-3-5-19-8-9;2*1-2/h2,4,6,9H,3,5,7-8H2,1H3;2*1-2H3. The van der Waals surface area contributed by atoms with E-state index in [9.17, 15) is 9.59 Å². The normalized spacial score (nSPS) is 16.3. The molecule has 0 N–H and O–H groups in total. The highest BCUT2D eigenvalue weighted by Gasteiger charge is 2.19. The first-order chi connectivity index (χ1) is 11.2. The van der Waals surface area contributed by atoms with Crippen LogP contribution in [-0.2, 0) is 18.3 Å². The number of pyridine rings is 1. The van der Waals surface area contributed by atoms with E-state index in [0.29, 0.717) is 30.7 Å². The Balaban J connectivity index is 0.000000615. The number of aryl methyl sites for hydroxylation is 1. The van der Waals surface area contributed by atoms with Crippen molar-refractivity contribution < 1.29 is 4.74 Å². The minimum atomic E-state index is -0.282. The highest BCUT2D eigenvalue weighted by atomic mass is 16.5. The van der Waals surface area contributed by atoms with Crippen molar-refractivity contribution in [3.8, 4) is 0 Å². The molecule has 2 aromatic heterocycles. The first kappa shape index (κ1) is 19.1. The lowest BCUT2D eigenvalue weighted by atomic mass is 10.1. The predicted octanol–water partition coefficient (Wildman–Crippen LogP) is 2.18. The quantitative estimate of drug-likeness (QED) is 0.850. The van der Waals surface area contributed by atoms with Crippen LogP contribution in [0.1, 0.15) is 34.1 Å². The molecular weight excluding hydrogens is 294 g/mol. The lowest BCUT2D eigenvalue weighted by molar-refractivity contribution is 0.182. The maximum absolute atomic E-state index is 12.4. The van der Waals surface area contributed by atoms with E-state index in [2.05, 4.69) is 4.98 Å². The van der Waals surface area contributed by atoms with E-state index >= 15 is 0 Å². The van der Waals surface area contributed by atoms with Crippen LogP contribution < -0.4 is 11.2 Å². The van der Waals surface area contributed by atoms with Gasteiger partial charge in [-0.15, -0.1) is 0 Å². The molecule has 2 aromatic rings. The SMILES string of the molecule is CC.CC.Cn1c(=O)n(CC2CCOC2)c(=O)c2cnccc21. The summed E-state index contributed by atoms with van der Waals surface area (Å²) in [5.41, 5.74) is 0.0672. The minimum Gasteiger partial charge on any atom is -0.381 e. The van der Waals surface area contributed by atoms with E-state index in [-0.39, 0.29) is 17.2 Å². The molecule has 23 heavy (non-hydrogen) atoms. The molecule has 1 atom stereocenters. The predicted molar refractivity (Wildman–Crippen MR) is 92.9 cm³/mol. The van der Waals surface area contributed by atoms with Gasteiger partial charge >= 0.3 is 5.69 Å². The van der Waals surface area contributed by atoms with Crippen molar-refractivity contribution in [3.05, 3.63) is 39.3 Å². The summed E-state index contributed by atoms with van der Waals surface area (Å²) in [6, 6.07) is 1.68. The summed E-state index contributed by atoms with van der Waals surface area (Å²) in [7, 11) is 1.67. The molecule has 6 heteroatoms. The number of aromatic nitrogens is 3. The Hall–Kier alpha value is -1.95. The van der Waals surface area contributed by atoms with Crippen LogP contribution in [0.15, 0.2) is 28.0 Å². The fourth-order valence-electron chi connectivity index (χ4n) is 2.51. The molecule has 0 aromatic carbocycles. The lowest BCUT2D eigenvalue weighted by Gasteiger charge is -2.13. The molecule has 1 unspecified atom stereocenters. The Morgan fingerprint density at radius 2 is 1.96 bits per heavy atom. The average Bonchev–Trinajstić information content (AvgIpc) is 3.13. The van der Waals surface area contributed by atoms with Crippen molar-refractivity contribution in [2.75, 3.05) is 13.2 Å². The fraction of sp³-hybridized carbons (Fsp3) is 0.588. The summed E-state index contributed by atoms with van der Waals surface area (Å²) in [5.74, 6) is 0.236. The molecule has 0 spiro atoms. The summed E-state index contributed by atoms with van der Waals surface area (Å²) in [5, 5.41) is 0.475. The van der Waals surface area contributed by atoms with Gasteiger partial charge in [-0.2, -0.15) is 0 Å². The minimum absolute atomic E-state index is 0.236.